The number of benzene rings is 1. The van der Waals surface area contributed by atoms with E-state index >= 15 is 0 Å². The van der Waals surface area contributed by atoms with Crippen LogP contribution in [0.5, 0.6) is 0 Å². The molecule has 2 N–H and O–H groups in total. The molecule has 3 heteroatoms. The van der Waals surface area contributed by atoms with Gasteiger partial charge in [-0.1, -0.05) is 18.2 Å². The first-order valence-electron chi connectivity index (χ1n) is 6.79. The highest BCUT2D eigenvalue weighted by Crippen LogP contribution is 2.22. The molecule has 3 nitrogen and oxygen atoms in total. The van der Waals surface area contributed by atoms with Crippen LogP contribution in [0.3, 0.4) is 0 Å². The summed E-state index contributed by atoms with van der Waals surface area (Å²) in [6, 6.07) is 6.83. The fourth-order valence-electron chi connectivity index (χ4n) is 2.50. The molecule has 0 unspecified atom stereocenters. The van der Waals surface area contributed by atoms with Crippen LogP contribution in [0.1, 0.15) is 36.0 Å². The Labute approximate surface area is 108 Å². The third-order valence-electron chi connectivity index (χ3n) is 3.50. The van der Waals surface area contributed by atoms with Gasteiger partial charge in [0.1, 0.15) is 0 Å². The van der Waals surface area contributed by atoms with Gasteiger partial charge in [-0.05, 0) is 61.9 Å². The van der Waals surface area contributed by atoms with Gasteiger partial charge in [0.2, 0.25) is 0 Å². The number of carbonyl (C=O) groups is 1. The summed E-state index contributed by atoms with van der Waals surface area (Å²) in [6.07, 6.45) is 5.76. The normalized spacial score (nSPS) is 13.6. The first-order valence-corrected chi connectivity index (χ1v) is 6.79. The van der Waals surface area contributed by atoms with Crippen LogP contribution in [0.4, 0.5) is 0 Å². The molecule has 0 saturated carbocycles. The minimum Gasteiger partial charge on any atom is -0.481 e. The molecule has 98 valence electrons. The number of rotatable bonds is 7. The molecule has 0 fully saturated rings. The quantitative estimate of drug-likeness (QED) is 0.726. The molecule has 2 rings (SSSR count). The van der Waals surface area contributed by atoms with Crippen LogP contribution in [-0.4, -0.2) is 24.2 Å². The van der Waals surface area contributed by atoms with E-state index < -0.39 is 5.97 Å². The second kappa shape index (κ2) is 6.55. The van der Waals surface area contributed by atoms with Crippen molar-refractivity contribution < 1.29 is 9.90 Å². The first-order chi connectivity index (χ1) is 8.75. The van der Waals surface area contributed by atoms with E-state index in [4.69, 9.17) is 5.11 Å². The molecule has 0 amide bonds. The Bertz CT molecular complexity index is 415. The third kappa shape index (κ3) is 3.84. The number of nitrogens with one attached hydrogen (secondary N) is 1. The van der Waals surface area contributed by atoms with Crippen molar-refractivity contribution >= 4 is 5.97 Å². The lowest BCUT2D eigenvalue weighted by molar-refractivity contribution is -0.137. The minimum atomic E-state index is -0.713. The molecule has 0 aliphatic heterocycles. The Morgan fingerprint density at radius 1 is 1.22 bits per heavy atom. The van der Waals surface area contributed by atoms with Gasteiger partial charge in [0.15, 0.2) is 0 Å². The number of carboxylic acid groups (broad SMARTS) is 1. The fraction of sp³-hybridized carbons (Fsp3) is 0.533. The molecule has 1 aliphatic carbocycles. The van der Waals surface area contributed by atoms with Crippen LogP contribution >= 0.6 is 0 Å². The maximum Gasteiger partial charge on any atom is 0.303 e. The SMILES string of the molecule is O=C(O)CCCNCCc1ccc2c(c1)CCC2. The lowest BCUT2D eigenvalue weighted by atomic mass is 10.0. The van der Waals surface area contributed by atoms with Gasteiger partial charge in [-0.2, -0.15) is 0 Å². The van der Waals surface area contributed by atoms with Crippen molar-refractivity contribution in [1.82, 2.24) is 5.32 Å². The summed E-state index contributed by atoms with van der Waals surface area (Å²) in [6.45, 7) is 1.72. The zero-order chi connectivity index (χ0) is 12.8. The van der Waals surface area contributed by atoms with Crippen molar-refractivity contribution in [3.8, 4) is 0 Å². The Kier molecular flexibility index (Phi) is 4.76. The van der Waals surface area contributed by atoms with Crippen LogP contribution in [0.2, 0.25) is 0 Å². The fourth-order valence-corrected chi connectivity index (χ4v) is 2.50. The number of hydrogen-bond acceptors (Lipinski definition) is 2. The van der Waals surface area contributed by atoms with E-state index in [1.165, 1.54) is 36.0 Å². The van der Waals surface area contributed by atoms with E-state index in [1.54, 1.807) is 0 Å². The first kappa shape index (κ1) is 13.1. The predicted molar refractivity (Wildman–Crippen MR) is 71.9 cm³/mol. The molecule has 0 radical (unpaired) electrons. The Morgan fingerprint density at radius 2 is 2.06 bits per heavy atom. The molecule has 0 bridgehead atoms. The number of carboxylic acids is 1. The summed E-state index contributed by atoms with van der Waals surface area (Å²) >= 11 is 0. The van der Waals surface area contributed by atoms with Gasteiger partial charge in [0.25, 0.3) is 0 Å². The summed E-state index contributed by atoms with van der Waals surface area (Å²) in [5, 5.41) is 11.8. The van der Waals surface area contributed by atoms with Crippen molar-refractivity contribution in [2.24, 2.45) is 0 Å². The second-order valence-corrected chi connectivity index (χ2v) is 4.95. The van der Waals surface area contributed by atoms with Crippen LogP contribution in [0.25, 0.3) is 0 Å². The lowest BCUT2D eigenvalue weighted by Crippen LogP contribution is -2.19. The molecule has 1 aromatic rings. The summed E-state index contributed by atoms with van der Waals surface area (Å²) in [5.74, 6) is -0.713. The highest BCUT2D eigenvalue weighted by Gasteiger charge is 2.10. The molecular weight excluding hydrogens is 226 g/mol. The smallest absolute Gasteiger partial charge is 0.303 e. The standard InChI is InChI=1S/C15H21NO2/c17-15(18)5-2-9-16-10-8-12-6-7-13-3-1-4-14(13)11-12/h6-7,11,16H,1-5,8-10H2,(H,17,18). The van der Waals surface area contributed by atoms with Gasteiger partial charge in [-0.3, -0.25) is 4.79 Å². The zero-order valence-electron chi connectivity index (χ0n) is 10.7. The van der Waals surface area contributed by atoms with Gasteiger partial charge in [-0.25, -0.2) is 0 Å². The van der Waals surface area contributed by atoms with Crippen molar-refractivity contribution in [2.45, 2.75) is 38.5 Å². The van der Waals surface area contributed by atoms with E-state index in [0.29, 0.717) is 6.42 Å². The lowest BCUT2D eigenvalue weighted by Gasteiger charge is -2.06. The van der Waals surface area contributed by atoms with Crippen molar-refractivity contribution in [2.75, 3.05) is 13.1 Å². The highest BCUT2D eigenvalue weighted by molar-refractivity contribution is 5.66. The molecule has 0 heterocycles. The van der Waals surface area contributed by atoms with Crippen LogP contribution in [0.15, 0.2) is 18.2 Å². The molecular formula is C15H21NO2. The number of fused-ring (bicyclic) bond motifs is 1. The topological polar surface area (TPSA) is 49.3 Å². The van der Waals surface area contributed by atoms with Crippen molar-refractivity contribution in [1.29, 1.82) is 0 Å². The van der Waals surface area contributed by atoms with Crippen LogP contribution < -0.4 is 5.32 Å². The number of hydrogen-bond donors (Lipinski definition) is 2. The molecule has 0 spiro atoms. The van der Waals surface area contributed by atoms with E-state index in [2.05, 4.69) is 23.5 Å². The molecule has 0 atom stereocenters. The van der Waals surface area contributed by atoms with Crippen molar-refractivity contribution in [3.05, 3.63) is 34.9 Å². The maximum absolute atomic E-state index is 10.3. The highest BCUT2D eigenvalue weighted by atomic mass is 16.4. The Hall–Kier alpha value is -1.35. The van der Waals surface area contributed by atoms with Crippen LogP contribution in [0, 0.1) is 0 Å². The Morgan fingerprint density at radius 3 is 2.89 bits per heavy atom. The van der Waals surface area contributed by atoms with Gasteiger partial charge < -0.3 is 10.4 Å². The van der Waals surface area contributed by atoms with E-state index in [1.807, 2.05) is 0 Å². The Balaban J connectivity index is 1.66. The number of aryl methyl sites for hydroxylation is 2. The largest absolute Gasteiger partial charge is 0.481 e. The maximum atomic E-state index is 10.3. The average molecular weight is 247 g/mol. The zero-order valence-corrected chi connectivity index (χ0v) is 10.7. The van der Waals surface area contributed by atoms with E-state index in [-0.39, 0.29) is 6.42 Å². The molecule has 0 aromatic heterocycles. The minimum absolute atomic E-state index is 0.256. The molecule has 1 aromatic carbocycles. The molecule has 18 heavy (non-hydrogen) atoms. The van der Waals surface area contributed by atoms with E-state index in [9.17, 15) is 4.79 Å². The summed E-state index contributed by atoms with van der Waals surface area (Å²) < 4.78 is 0. The van der Waals surface area contributed by atoms with Gasteiger partial charge in [0.05, 0.1) is 0 Å². The summed E-state index contributed by atoms with van der Waals surface area (Å²) in [5.41, 5.74) is 4.44. The van der Waals surface area contributed by atoms with E-state index in [0.717, 1.165) is 19.5 Å². The van der Waals surface area contributed by atoms with Gasteiger partial charge in [0, 0.05) is 6.42 Å². The second-order valence-electron chi connectivity index (χ2n) is 4.95. The van der Waals surface area contributed by atoms with Crippen LogP contribution in [-0.2, 0) is 24.1 Å². The summed E-state index contributed by atoms with van der Waals surface area (Å²) in [7, 11) is 0. The molecule has 0 saturated heterocycles. The van der Waals surface area contributed by atoms with Crippen molar-refractivity contribution in [3.63, 3.8) is 0 Å². The summed E-state index contributed by atoms with van der Waals surface area (Å²) in [4.78, 5) is 10.3. The van der Waals surface area contributed by atoms with Gasteiger partial charge in [-0.15, -0.1) is 0 Å². The average Bonchev–Trinajstić information content (AvgIpc) is 2.80. The number of aliphatic carboxylic acids is 1. The monoisotopic (exact) mass is 247 g/mol. The predicted octanol–water partition coefficient (Wildman–Crippen LogP) is 2.17. The van der Waals surface area contributed by atoms with Gasteiger partial charge >= 0.3 is 5.97 Å². The molecule has 1 aliphatic rings. The third-order valence-corrected chi connectivity index (χ3v) is 3.50.